The number of carboxylic acids is 1. The molecule has 1 amide bonds. The highest BCUT2D eigenvalue weighted by Crippen LogP contribution is 2.06. The quantitative estimate of drug-likeness (QED) is 0.722. The fourth-order valence-electron chi connectivity index (χ4n) is 0.574. The molecule has 0 fully saturated rings. The van der Waals surface area contributed by atoms with Gasteiger partial charge >= 0.3 is 12.1 Å². The first-order valence-electron chi connectivity index (χ1n) is 4.06. The van der Waals surface area contributed by atoms with Crippen molar-refractivity contribution in [3.8, 4) is 0 Å². The molecule has 0 rings (SSSR count). The predicted octanol–water partition coefficient (Wildman–Crippen LogP) is 0.934. The number of ether oxygens (including phenoxy) is 1. The molecule has 0 saturated carbocycles. The van der Waals surface area contributed by atoms with Gasteiger partial charge in [-0.25, -0.2) is 14.0 Å². The van der Waals surface area contributed by atoms with Gasteiger partial charge in [0.05, 0.1) is 6.54 Å². The van der Waals surface area contributed by atoms with Gasteiger partial charge in [-0.2, -0.15) is 0 Å². The van der Waals surface area contributed by atoms with E-state index in [2.05, 4.69) is 0 Å². The number of halogens is 1. The molecule has 82 valence electrons. The summed E-state index contributed by atoms with van der Waals surface area (Å²) in [4.78, 5) is 20.9. The second kappa shape index (κ2) is 4.78. The Bertz CT molecular complexity index is 224. The average molecular weight is 207 g/mol. The summed E-state index contributed by atoms with van der Waals surface area (Å²) in [6, 6.07) is 0. The zero-order valence-electron chi connectivity index (χ0n) is 8.33. The minimum Gasteiger partial charge on any atom is -0.479 e. The number of amides is 1. The minimum atomic E-state index is -2.11. The lowest BCUT2D eigenvalue weighted by molar-refractivity contribution is -0.142. The molecule has 0 aromatic heterocycles. The van der Waals surface area contributed by atoms with Gasteiger partial charge in [0.1, 0.15) is 5.60 Å². The van der Waals surface area contributed by atoms with E-state index in [0.29, 0.717) is 0 Å². The van der Waals surface area contributed by atoms with Gasteiger partial charge in [-0.1, -0.05) is 0 Å². The number of carbonyl (C=O) groups excluding carboxylic acids is 1. The molecule has 1 unspecified atom stereocenters. The molecule has 0 saturated heterocycles. The van der Waals surface area contributed by atoms with Crippen LogP contribution in [0.3, 0.4) is 0 Å². The Labute approximate surface area is 81.2 Å². The van der Waals surface area contributed by atoms with E-state index in [1.54, 1.807) is 20.8 Å². The van der Waals surface area contributed by atoms with E-state index in [9.17, 15) is 14.0 Å². The van der Waals surface area contributed by atoms with Crippen LogP contribution in [0.5, 0.6) is 0 Å². The summed E-state index contributed by atoms with van der Waals surface area (Å²) in [5.41, 5.74) is -0.681. The second-order valence-electron chi connectivity index (χ2n) is 3.69. The van der Waals surface area contributed by atoms with E-state index in [1.807, 2.05) is 5.32 Å². The average Bonchev–Trinajstić information content (AvgIpc) is 1.96. The van der Waals surface area contributed by atoms with Crippen molar-refractivity contribution in [2.24, 2.45) is 0 Å². The van der Waals surface area contributed by atoms with E-state index in [0.717, 1.165) is 0 Å². The maximum atomic E-state index is 12.4. The number of rotatable bonds is 3. The molecule has 0 heterocycles. The van der Waals surface area contributed by atoms with E-state index in [1.165, 1.54) is 0 Å². The van der Waals surface area contributed by atoms with Gasteiger partial charge in [0.25, 0.3) is 0 Å². The highest BCUT2D eigenvalue weighted by atomic mass is 19.1. The lowest BCUT2D eigenvalue weighted by Gasteiger charge is -2.19. The standard InChI is InChI=1S/C8H14FNO4/c1-8(2,3)14-7(13)10-4-5(9)6(11)12/h5H,4H2,1-3H3,(H,10,13)(H,11,12). The smallest absolute Gasteiger partial charge is 0.407 e. The molecular weight excluding hydrogens is 193 g/mol. The maximum absolute atomic E-state index is 12.4. The van der Waals surface area contributed by atoms with Crippen LogP contribution in [-0.2, 0) is 9.53 Å². The lowest BCUT2D eigenvalue weighted by atomic mass is 10.2. The molecule has 0 aromatic carbocycles. The summed E-state index contributed by atoms with van der Waals surface area (Å²) < 4.78 is 17.2. The van der Waals surface area contributed by atoms with Crippen LogP contribution < -0.4 is 5.32 Å². The maximum Gasteiger partial charge on any atom is 0.407 e. The van der Waals surface area contributed by atoms with Crippen molar-refractivity contribution in [3.05, 3.63) is 0 Å². The third kappa shape index (κ3) is 6.22. The SMILES string of the molecule is CC(C)(C)OC(=O)NCC(F)C(=O)O. The second-order valence-corrected chi connectivity index (χ2v) is 3.69. The lowest BCUT2D eigenvalue weighted by Crippen LogP contribution is -2.37. The van der Waals surface area contributed by atoms with Crippen molar-refractivity contribution in [2.45, 2.75) is 32.5 Å². The van der Waals surface area contributed by atoms with E-state index in [4.69, 9.17) is 9.84 Å². The first-order valence-corrected chi connectivity index (χ1v) is 4.06. The number of nitrogens with one attached hydrogen (secondary N) is 1. The molecule has 5 nitrogen and oxygen atoms in total. The summed E-state index contributed by atoms with van der Waals surface area (Å²) in [6.07, 6.45) is -2.94. The number of alkyl carbamates (subject to hydrolysis) is 1. The van der Waals surface area contributed by atoms with Gasteiger partial charge in [-0.05, 0) is 20.8 Å². The Morgan fingerprint density at radius 3 is 2.36 bits per heavy atom. The summed E-state index contributed by atoms with van der Waals surface area (Å²) >= 11 is 0. The number of hydrogen-bond acceptors (Lipinski definition) is 3. The minimum absolute atomic E-state index is 0.593. The topological polar surface area (TPSA) is 75.6 Å². The van der Waals surface area contributed by atoms with Gasteiger partial charge in [-0.3, -0.25) is 0 Å². The monoisotopic (exact) mass is 207 g/mol. The van der Waals surface area contributed by atoms with E-state index in [-0.39, 0.29) is 0 Å². The van der Waals surface area contributed by atoms with Gasteiger partial charge in [0.2, 0.25) is 6.17 Å². The van der Waals surface area contributed by atoms with Crippen molar-refractivity contribution in [1.82, 2.24) is 5.32 Å². The van der Waals surface area contributed by atoms with Crippen molar-refractivity contribution in [1.29, 1.82) is 0 Å². The fraction of sp³-hybridized carbons (Fsp3) is 0.750. The molecular formula is C8H14FNO4. The fourth-order valence-corrected chi connectivity index (χ4v) is 0.574. The number of carboxylic acid groups (broad SMARTS) is 1. The van der Waals surface area contributed by atoms with Crippen molar-refractivity contribution < 1.29 is 23.8 Å². The normalized spacial score (nSPS) is 13.1. The number of hydrogen-bond donors (Lipinski definition) is 2. The molecule has 14 heavy (non-hydrogen) atoms. The van der Waals surface area contributed by atoms with Crippen molar-refractivity contribution in [3.63, 3.8) is 0 Å². The van der Waals surface area contributed by atoms with E-state index < -0.39 is 30.4 Å². The highest BCUT2D eigenvalue weighted by molar-refractivity contribution is 5.74. The van der Waals surface area contributed by atoms with Crippen LogP contribution in [0, 0.1) is 0 Å². The molecule has 6 heteroatoms. The molecule has 0 radical (unpaired) electrons. The summed E-state index contributed by atoms with van der Waals surface area (Å²) in [7, 11) is 0. The van der Waals surface area contributed by atoms with Gasteiger partial charge in [0, 0.05) is 0 Å². The summed E-state index contributed by atoms with van der Waals surface area (Å²) in [5.74, 6) is -1.61. The molecule has 0 bridgehead atoms. The number of aliphatic carboxylic acids is 1. The Kier molecular flexibility index (Phi) is 4.33. The molecule has 1 atom stereocenters. The van der Waals surface area contributed by atoms with Crippen LogP contribution in [0.4, 0.5) is 9.18 Å². The van der Waals surface area contributed by atoms with Gasteiger partial charge < -0.3 is 15.2 Å². The zero-order chi connectivity index (χ0) is 11.4. The number of carbonyl (C=O) groups is 2. The molecule has 0 aliphatic rings. The third-order valence-electron chi connectivity index (χ3n) is 1.09. The molecule has 0 aromatic rings. The molecule has 0 aliphatic carbocycles. The predicted molar refractivity (Wildman–Crippen MR) is 46.8 cm³/mol. The van der Waals surface area contributed by atoms with Crippen molar-refractivity contribution >= 4 is 12.1 Å². The Hall–Kier alpha value is -1.33. The Morgan fingerprint density at radius 2 is 2.00 bits per heavy atom. The molecule has 2 N–H and O–H groups in total. The third-order valence-corrected chi connectivity index (χ3v) is 1.09. The van der Waals surface area contributed by atoms with Crippen LogP contribution in [-0.4, -0.2) is 35.5 Å². The van der Waals surface area contributed by atoms with Crippen LogP contribution >= 0.6 is 0 Å². The Morgan fingerprint density at radius 1 is 1.50 bits per heavy atom. The van der Waals surface area contributed by atoms with Gasteiger partial charge in [0.15, 0.2) is 0 Å². The summed E-state index contributed by atoms with van der Waals surface area (Å²) in [6.45, 7) is 4.36. The molecule has 0 aliphatic heterocycles. The van der Waals surface area contributed by atoms with Crippen LogP contribution in [0.15, 0.2) is 0 Å². The van der Waals surface area contributed by atoms with Crippen LogP contribution in [0.1, 0.15) is 20.8 Å². The van der Waals surface area contributed by atoms with Crippen molar-refractivity contribution in [2.75, 3.05) is 6.54 Å². The highest BCUT2D eigenvalue weighted by Gasteiger charge is 2.20. The first-order chi connectivity index (χ1) is 6.22. The molecule has 0 spiro atoms. The van der Waals surface area contributed by atoms with Crippen LogP contribution in [0.25, 0.3) is 0 Å². The van der Waals surface area contributed by atoms with Crippen LogP contribution in [0.2, 0.25) is 0 Å². The Balaban J connectivity index is 3.81. The number of alkyl halides is 1. The largest absolute Gasteiger partial charge is 0.479 e. The summed E-state index contributed by atoms with van der Waals surface area (Å²) in [5, 5.41) is 10.2. The zero-order valence-corrected chi connectivity index (χ0v) is 8.33. The first kappa shape index (κ1) is 12.7. The van der Waals surface area contributed by atoms with E-state index >= 15 is 0 Å². The van der Waals surface area contributed by atoms with Gasteiger partial charge in [-0.15, -0.1) is 0 Å².